The van der Waals surface area contributed by atoms with Crippen LogP contribution in [0.4, 0.5) is 11.8 Å². The summed E-state index contributed by atoms with van der Waals surface area (Å²) in [6.45, 7) is 2.30. The van der Waals surface area contributed by atoms with Crippen molar-refractivity contribution in [3.05, 3.63) is 30.1 Å². The van der Waals surface area contributed by atoms with Gasteiger partial charge in [0.25, 0.3) is 0 Å². The van der Waals surface area contributed by atoms with Gasteiger partial charge in [0.2, 0.25) is 5.95 Å². The minimum Gasteiger partial charge on any atom is -0.508 e. The lowest BCUT2D eigenvalue weighted by atomic mass is 10.2. The number of anilines is 2. The number of benzene rings is 1. The van der Waals surface area contributed by atoms with Crippen LogP contribution in [0.25, 0.3) is 11.2 Å². The molecule has 0 radical (unpaired) electrons. The number of nitrogens with one attached hydrogen (secondary N) is 2. The molecule has 0 aliphatic heterocycles. The Morgan fingerprint density at radius 2 is 2.11 bits per heavy atom. The number of hydrogen-bond donors (Lipinski definition) is 4. The van der Waals surface area contributed by atoms with Crippen LogP contribution in [0, 0.1) is 0 Å². The molecule has 9 nitrogen and oxygen atoms in total. The van der Waals surface area contributed by atoms with E-state index in [1.54, 1.807) is 36.2 Å². The number of fused-ring (bicyclic) bond motifs is 1. The molecule has 0 bridgehead atoms. The standard InChI is InChI=1S/C18H24N6O3/c1-4-12(9-25)21-18-22-16(15-17(23-18)24(2)10-20-15)19-8-11-7-13(27-3)5-6-14(11)26/h5-7,10,12,25-26H,4,8-9H2,1-3H3,(H2,19,21,22,23). The van der Waals surface area contributed by atoms with E-state index < -0.39 is 0 Å². The minimum absolute atomic E-state index is 0.0102. The Bertz CT molecular complexity index is 923. The first-order valence-corrected chi connectivity index (χ1v) is 8.71. The van der Waals surface area contributed by atoms with Gasteiger partial charge in [-0.2, -0.15) is 9.97 Å². The van der Waals surface area contributed by atoms with E-state index in [4.69, 9.17) is 4.74 Å². The summed E-state index contributed by atoms with van der Waals surface area (Å²) >= 11 is 0. The Morgan fingerprint density at radius 3 is 2.81 bits per heavy atom. The molecule has 2 aromatic heterocycles. The van der Waals surface area contributed by atoms with E-state index in [1.807, 2.05) is 14.0 Å². The van der Waals surface area contributed by atoms with Gasteiger partial charge in [0.1, 0.15) is 11.5 Å². The zero-order chi connectivity index (χ0) is 19.4. The molecule has 1 atom stereocenters. The number of aromatic hydroxyl groups is 1. The molecule has 9 heteroatoms. The van der Waals surface area contributed by atoms with E-state index in [1.165, 1.54) is 0 Å². The summed E-state index contributed by atoms with van der Waals surface area (Å²) in [6, 6.07) is 4.91. The number of aliphatic hydroxyl groups excluding tert-OH is 1. The molecule has 0 saturated heterocycles. The van der Waals surface area contributed by atoms with Crippen molar-refractivity contribution in [2.45, 2.75) is 25.9 Å². The van der Waals surface area contributed by atoms with Gasteiger partial charge in [-0.1, -0.05) is 6.92 Å². The summed E-state index contributed by atoms with van der Waals surface area (Å²) in [7, 11) is 3.43. The molecule has 3 aromatic rings. The zero-order valence-electron chi connectivity index (χ0n) is 15.6. The average molecular weight is 372 g/mol. The summed E-state index contributed by atoms with van der Waals surface area (Å²) in [4.78, 5) is 13.4. The molecule has 0 aliphatic rings. The number of aromatic nitrogens is 4. The largest absolute Gasteiger partial charge is 0.508 e. The summed E-state index contributed by atoms with van der Waals surface area (Å²) in [5.41, 5.74) is 1.97. The molecule has 0 amide bonds. The number of imidazole rings is 1. The number of methoxy groups -OCH3 is 1. The third kappa shape index (κ3) is 4.03. The van der Waals surface area contributed by atoms with Gasteiger partial charge in [-0.05, 0) is 24.6 Å². The van der Waals surface area contributed by atoms with Crippen molar-refractivity contribution in [2.75, 3.05) is 24.4 Å². The Kier molecular flexibility index (Phi) is 5.60. The number of ether oxygens (including phenoxy) is 1. The van der Waals surface area contributed by atoms with Gasteiger partial charge in [0, 0.05) is 19.2 Å². The Morgan fingerprint density at radius 1 is 1.30 bits per heavy atom. The third-order valence-corrected chi connectivity index (χ3v) is 4.34. The number of phenolic OH excluding ortho intramolecular Hbond substituents is 1. The molecule has 0 spiro atoms. The number of aryl methyl sites for hydroxylation is 1. The fourth-order valence-electron chi connectivity index (χ4n) is 2.66. The maximum absolute atomic E-state index is 10.1. The number of rotatable bonds is 8. The quantitative estimate of drug-likeness (QED) is 0.473. The molecule has 1 aromatic carbocycles. The van der Waals surface area contributed by atoms with Crippen LogP contribution in [-0.4, -0.2) is 49.5 Å². The van der Waals surface area contributed by atoms with E-state index in [0.717, 1.165) is 6.42 Å². The topological polar surface area (TPSA) is 117 Å². The Hall–Kier alpha value is -3.07. The maximum atomic E-state index is 10.1. The second-order valence-electron chi connectivity index (χ2n) is 6.20. The highest BCUT2D eigenvalue weighted by molar-refractivity contribution is 5.84. The van der Waals surface area contributed by atoms with Crippen LogP contribution in [0.5, 0.6) is 11.5 Å². The Balaban J connectivity index is 1.91. The first-order valence-electron chi connectivity index (χ1n) is 8.71. The second-order valence-corrected chi connectivity index (χ2v) is 6.20. The average Bonchev–Trinajstić information content (AvgIpc) is 3.06. The van der Waals surface area contributed by atoms with Gasteiger partial charge in [0.15, 0.2) is 17.0 Å². The summed E-state index contributed by atoms with van der Waals surface area (Å²) in [5, 5.41) is 25.8. The summed E-state index contributed by atoms with van der Waals surface area (Å²) in [5.74, 6) is 1.77. The van der Waals surface area contributed by atoms with E-state index in [0.29, 0.717) is 40.8 Å². The van der Waals surface area contributed by atoms with E-state index in [-0.39, 0.29) is 18.4 Å². The lowest BCUT2D eigenvalue weighted by molar-refractivity contribution is 0.271. The SMILES string of the molecule is CCC(CO)Nc1nc(NCc2cc(OC)ccc2O)c2ncn(C)c2n1. The first kappa shape index (κ1) is 18.7. The van der Waals surface area contributed by atoms with Crippen LogP contribution < -0.4 is 15.4 Å². The predicted molar refractivity (Wildman–Crippen MR) is 103 cm³/mol. The van der Waals surface area contributed by atoms with Gasteiger partial charge in [-0.25, -0.2) is 4.98 Å². The highest BCUT2D eigenvalue weighted by Gasteiger charge is 2.15. The van der Waals surface area contributed by atoms with Crippen molar-refractivity contribution in [3.8, 4) is 11.5 Å². The van der Waals surface area contributed by atoms with E-state index in [9.17, 15) is 10.2 Å². The smallest absolute Gasteiger partial charge is 0.227 e. The van der Waals surface area contributed by atoms with Crippen LogP contribution in [-0.2, 0) is 13.6 Å². The fourth-order valence-corrected chi connectivity index (χ4v) is 2.66. The van der Waals surface area contributed by atoms with Crippen LogP contribution in [0.15, 0.2) is 24.5 Å². The normalized spacial score (nSPS) is 12.1. The predicted octanol–water partition coefficient (Wildman–Crippen LogP) is 1.87. The Labute approximate surface area is 157 Å². The van der Waals surface area contributed by atoms with Gasteiger partial charge < -0.3 is 30.2 Å². The first-order chi connectivity index (χ1) is 13.0. The van der Waals surface area contributed by atoms with Crippen LogP contribution in [0.3, 0.4) is 0 Å². The monoisotopic (exact) mass is 372 g/mol. The fraction of sp³-hybridized carbons (Fsp3) is 0.389. The van der Waals surface area contributed by atoms with Crippen molar-refractivity contribution in [2.24, 2.45) is 7.05 Å². The van der Waals surface area contributed by atoms with Crippen LogP contribution in [0.2, 0.25) is 0 Å². The van der Waals surface area contributed by atoms with Crippen LogP contribution >= 0.6 is 0 Å². The molecule has 4 N–H and O–H groups in total. The minimum atomic E-state index is -0.133. The summed E-state index contributed by atoms with van der Waals surface area (Å²) in [6.07, 6.45) is 2.41. The van der Waals surface area contributed by atoms with Crippen molar-refractivity contribution in [3.63, 3.8) is 0 Å². The molecule has 0 fully saturated rings. The molecule has 0 aliphatic carbocycles. The highest BCUT2D eigenvalue weighted by Crippen LogP contribution is 2.26. The number of nitrogens with zero attached hydrogens (tertiary/aromatic N) is 4. The van der Waals surface area contributed by atoms with Gasteiger partial charge in [-0.3, -0.25) is 0 Å². The molecule has 0 saturated carbocycles. The van der Waals surface area contributed by atoms with Crippen LogP contribution in [0.1, 0.15) is 18.9 Å². The molecule has 144 valence electrons. The van der Waals surface area contributed by atoms with Gasteiger partial charge in [0.05, 0.1) is 26.1 Å². The second kappa shape index (κ2) is 8.09. The molecular formula is C18H24N6O3. The number of aliphatic hydroxyl groups is 1. The third-order valence-electron chi connectivity index (χ3n) is 4.34. The number of hydrogen-bond acceptors (Lipinski definition) is 8. The van der Waals surface area contributed by atoms with Crippen molar-refractivity contribution >= 4 is 22.9 Å². The lowest BCUT2D eigenvalue weighted by Crippen LogP contribution is -2.24. The lowest BCUT2D eigenvalue weighted by Gasteiger charge is -2.15. The number of phenols is 1. The molecule has 3 rings (SSSR count). The molecule has 1 unspecified atom stereocenters. The van der Waals surface area contributed by atoms with E-state index in [2.05, 4.69) is 25.6 Å². The molecule has 27 heavy (non-hydrogen) atoms. The van der Waals surface area contributed by atoms with Gasteiger partial charge >= 0.3 is 0 Å². The van der Waals surface area contributed by atoms with Crippen molar-refractivity contribution in [1.82, 2.24) is 19.5 Å². The molecule has 2 heterocycles. The van der Waals surface area contributed by atoms with Crippen molar-refractivity contribution < 1.29 is 14.9 Å². The van der Waals surface area contributed by atoms with E-state index >= 15 is 0 Å². The zero-order valence-corrected chi connectivity index (χ0v) is 15.6. The molecular weight excluding hydrogens is 348 g/mol. The summed E-state index contributed by atoms with van der Waals surface area (Å²) < 4.78 is 7.01. The highest BCUT2D eigenvalue weighted by atomic mass is 16.5. The van der Waals surface area contributed by atoms with Gasteiger partial charge in [-0.15, -0.1) is 0 Å². The van der Waals surface area contributed by atoms with Crippen molar-refractivity contribution in [1.29, 1.82) is 0 Å². The maximum Gasteiger partial charge on any atom is 0.227 e.